The molecule has 37 nitrogen and oxygen atoms in total. The number of carboxylic acids is 2. The van der Waals surface area contributed by atoms with Gasteiger partial charge < -0.3 is 119 Å². The van der Waals surface area contributed by atoms with Crippen LogP contribution >= 0.6 is 0 Å². The van der Waals surface area contributed by atoms with Crippen molar-refractivity contribution in [2.24, 2.45) is 56.0 Å². The number of nitrogens with one attached hydrogen (secondary N) is 10. The molecule has 12 atom stereocenters. The second-order valence-electron chi connectivity index (χ2n) is 19.6. The third-order valence-electron chi connectivity index (χ3n) is 12.6. The summed E-state index contributed by atoms with van der Waals surface area (Å²) in [6.45, 7) is 1.98. The Bertz CT molecular complexity index is 2460. The van der Waals surface area contributed by atoms with E-state index in [1.165, 1.54) is 19.4 Å². The van der Waals surface area contributed by atoms with E-state index in [2.05, 4.69) is 67.8 Å². The zero-order valence-electron chi connectivity index (χ0n) is 47.4. The lowest BCUT2D eigenvalue weighted by molar-refractivity contribution is -0.145. The van der Waals surface area contributed by atoms with Crippen molar-refractivity contribution in [1.29, 1.82) is 0 Å². The Labute approximate surface area is 487 Å². The summed E-state index contributed by atoms with van der Waals surface area (Å²) >= 11 is 0. The minimum atomic E-state index is -1.99. The Hall–Kier alpha value is -8.81. The fraction of sp³-hybridized carbons (Fsp3) is 0.646. The van der Waals surface area contributed by atoms with Crippen molar-refractivity contribution in [2.75, 3.05) is 32.8 Å². The van der Waals surface area contributed by atoms with E-state index in [9.17, 15) is 83.1 Å². The van der Waals surface area contributed by atoms with Crippen LogP contribution in [0.3, 0.4) is 0 Å². The number of unbranched alkanes of at least 4 members (excludes halogenated alkanes) is 1. The lowest BCUT2D eigenvalue weighted by Crippen LogP contribution is -2.63. The number of hydrogen-bond donors (Lipinski definition) is 22. The maximum atomic E-state index is 14.2. The van der Waals surface area contributed by atoms with Crippen LogP contribution in [-0.4, -0.2) is 218 Å². The molecule has 0 aliphatic rings. The van der Waals surface area contributed by atoms with Crippen LogP contribution in [0.15, 0.2) is 22.5 Å². The van der Waals surface area contributed by atoms with Crippen LogP contribution in [0.1, 0.15) is 90.7 Å². The van der Waals surface area contributed by atoms with E-state index in [1.807, 2.05) is 0 Å². The fourth-order valence-corrected chi connectivity index (χ4v) is 7.69. The number of aliphatic hydroxyl groups excluding tert-OH is 3. The average molecular weight is 1210 g/mol. The minimum Gasteiger partial charge on any atom is -0.481 e. The third-order valence-corrected chi connectivity index (χ3v) is 12.6. The summed E-state index contributed by atoms with van der Waals surface area (Å²) in [5, 5.41) is 71.1. The number of aromatic amines is 1. The highest BCUT2D eigenvalue weighted by Crippen LogP contribution is 2.11. The number of aromatic nitrogens is 2. The summed E-state index contributed by atoms with van der Waals surface area (Å²) in [6.07, 6.45) is -0.774. The van der Waals surface area contributed by atoms with E-state index in [4.69, 9.17) is 40.1 Å². The molecule has 478 valence electrons. The van der Waals surface area contributed by atoms with Crippen LogP contribution in [0.4, 0.5) is 0 Å². The molecule has 0 fully saturated rings. The molecule has 0 spiro atoms. The number of H-pyrrole nitrogens is 1. The van der Waals surface area contributed by atoms with Gasteiger partial charge in [0.2, 0.25) is 59.1 Å². The van der Waals surface area contributed by atoms with Crippen LogP contribution in [0, 0.1) is 5.92 Å². The van der Waals surface area contributed by atoms with Crippen LogP contribution in [-0.2, 0) is 64.0 Å². The molecule has 0 unspecified atom stereocenters. The first-order valence-corrected chi connectivity index (χ1v) is 26.9. The van der Waals surface area contributed by atoms with Gasteiger partial charge in [0, 0.05) is 31.4 Å². The summed E-state index contributed by atoms with van der Waals surface area (Å²) in [5.41, 5.74) is 38.6. The lowest BCUT2D eigenvalue weighted by atomic mass is 9.98. The first-order chi connectivity index (χ1) is 40.0. The van der Waals surface area contributed by atoms with Crippen molar-refractivity contribution in [1.82, 2.24) is 57.8 Å². The summed E-state index contributed by atoms with van der Waals surface area (Å²) in [4.78, 5) is 173. The van der Waals surface area contributed by atoms with Crippen molar-refractivity contribution in [2.45, 2.75) is 158 Å². The van der Waals surface area contributed by atoms with E-state index in [-0.39, 0.29) is 62.8 Å². The zero-order valence-corrected chi connectivity index (χ0v) is 47.4. The van der Waals surface area contributed by atoms with Crippen LogP contribution in [0.5, 0.6) is 0 Å². The van der Waals surface area contributed by atoms with Crippen molar-refractivity contribution in [3.63, 3.8) is 0 Å². The molecular weight excluding hydrogens is 1130 g/mol. The maximum absolute atomic E-state index is 14.2. The molecule has 0 aromatic carbocycles. The first kappa shape index (κ1) is 74.2. The number of nitrogens with two attached hydrogens (primary N) is 7. The topological polar surface area (TPSA) is 650 Å². The number of imidazole rings is 1. The van der Waals surface area contributed by atoms with Crippen LogP contribution < -0.4 is 88.0 Å². The molecule has 10 amide bonds. The number of rotatable bonds is 42. The van der Waals surface area contributed by atoms with Gasteiger partial charge in [-0.05, 0) is 57.9 Å². The lowest BCUT2D eigenvalue weighted by Gasteiger charge is -2.28. The number of aliphatic imine (C=N–C) groups is 2. The molecule has 29 N–H and O–H groups in total. The Morgan fingerprint density at radius 1 is 0.553 bits per heavy atom. The third kappa shape index (κ3) is 28.4. The molecule has 1 heterocycles. The van der Waals surface area contributed by atoms with Gasteiger partial charge in [-0.3, -0.25) is 62.7 Å². The van der Waals surface area contributed by atoms with Crippen molar-refractivity contribution in [3.8, 4) is 0 Å². The number of guanidine groups is 2. The SMILES string of the molecule is CC[C@H](C)[C@H](NC(=O)[C@H](CC(=O)O)NC(=O)[C@H](Cc1cnc[nH]1)NC(=O)[C@H](CCCN=C(N)N)NC(=O)[C@H](CO)NC(=O)[C@@H](NC(=O)[C@H](CCCN=C(N)N)NC(=O)[C@H](CO)NC(=O)[C@H](CC(N)=O)NC(=O)[C@@H](N)CCCCN)[C@@H](C)O)C(=O)O. The number of hydrogen-bond acceptors (Lipinski definition) is 20. The van der Waals surface area contributed by atoms with Crippen molar-refractivity contribution in [3.05, 3.63) is 18.2 Å². The molecule has 0 saturated heterocycles. The van der Waals surface area contributed by atoms with E-state index >= 15 is 0 Å². The number of carbonyl (C=O) groups excluding carboxylic acids is 10. The van der Waals surface area contributed by atoms with E-state index in [0.717, 1.165) is 6.92 Å². The van der Waals surface area contributed by atoms with Crippen molar-refractivity contribution >= 4 is 82.9 Å². The molecule has 1 aromatic rings. The monoisotopic (exact) mass is 1210 g/mol. The molecule has 0 aliphatic carbocycles. The zero-order chi connectivity index (χ0) is 64.5. The smallest absolute Gasteiger partial charge is 0.326 e. The standard InChI is InChI=1S/C48H84N20O17/c1-4-22(2)35(46(84)85)67-42(80)30(17-34(73)74)64-40(78)28(15-24-18-56-21-59-24)63-38(76)26(10-7-13-57-47(52)53)60-44(82)32(20-70)66-45(83)36(23(3)71)68-39(77)27(11-8-14-58-48(54)55)61-43(81)31(19-69)65-41(79)29(16-33(51)72)62-37(75)25(50)9-5-6-12-49/h18,21-23,25-32,35-36,69-71H,4-17,19-20,49-50H2,1-3H3,(H2,51,72)(H,56,59)(H,60,82)(H,61,81)(H,62,75)(H,63,76)(H,64,78)(H,65,79)(H,66,83)(H,67,80)(H,68,77)(H,73,74)(H,84,85)(H4,52,53,57)(H4,54,55,58)/t22-,23+,25-,26-,27-,28-,29-,30-,31-,32-,35-,36-/m0/s1. The number of carbonyl (C=O) groups is 12. The van der Waals surface area contributed by atoms with Gasteiger partial charge in [-0.25, -0.2) is 9.78 Å². The Balaban J connectivity index is 3.53. The fourth-order valence-electron chi connectivity index (χ4n) is 7.69. The Morgan fingerprint density at radius 3 is 1.42 bits per heavy atom. The van der Waals surface area contributed by atoms with Gasteiger partial charge in [0.1, 0.15) is 54.4 Å². The first-order valence-electron chi connectivity index (χ1n) is 26.9. The number of primary amides is 1. The molecule has 0 saturated carbocycles. The summed E-state index contributed by atoms with van der Waals surface area (Å²) in [5.74, 6) is -15.8. The molecule has 85 heavy (non-hydrogen) atoms. The highest BCUT2D eigenvalue weighted by atomic mass is 16.4. The van der Waals surface area contributed by atoms with Gasteiger partial charge in [0.05, 0.1) is 44.5 Å². The molecule has 0 aliphatic heterocycles. The second kappa shape index (κ2) is 38.9. The predicted octanol–water partition coefficient (Wildman–Crippen LogP) is -10.3. The summed E-state index contributed by atoms with van der Waals surface area (Å²) in [6, 6.07) is -17.0. The number of amides is 10. The minimum absolute atomic E-state index is 0.0453. The molecule has 1 rings (SSSR count). The van der Waals surface area contributed by atoms with Gasteiger partial charge >= 0.3 is 11.9 Å². The molecule has 37 heteroatoms. The average Bonchev–Trinajstić information content (AvgIpc) is 4.13. The van der Waals surface area contributed by atoms with Crippen molar-refractivity contribution < 1.29 is 83.1 Å². The number of aliphatic carboxylic acids is 2. The Kier molecular flexibility index (Phi) is 33.9. The van der Waals surface area contributed by atoms with Gasteiger partial charge in [0.15, 0.2) is 11.9 Å². The van der Waals surface area contributed by atoms with Gasteiger partial charge in [-0.1, -0.05) is 26.7 Å². The summed E-state index contributed by atoms with van der Waals surface area (Å²) < 4.78 is 0. The van der Waals surface area contributed by atoms with E-state index in [1.54, 1.807) is 6.92 Å². The molecule has 1 aromatic heterocycles. The maximum Gasteiger partial charge on any atom is 0.326 e. The normalized spacial score (nSPS) is 15.2. The van der Waals surface area contributed by atoms with E-state index in [0.29, 0.717) is 25.8 Å². The molecule has 0 radical (unpaired) electrons. The molecule has 0 bridgehead atoms. The highest BCUT2D eigenvalue weighted by Gasteiger charge is 2.37. The quantitative estimate of drug-likeness (QED) is 0.0164. The predicted molar refractivity (Wildman–Crippen MR) is 299 cm³/mol. The van der Waals surface area contributed by atoms with Gasteiger partial charge in [-0.2, -0.15) is 0 Å². The van der Waals surface area contributed by atoms with Crippen LogP contribution in [0.2, 0.25) is 0 Å². The highest BCUT2D eigenvalue weighted by molar-refractivity contribution is 5.99. The number of aliphatic hydroxyl groups is 3. The van der Waals surface area contributed by atoms with E-state index < -0.39 is 176 Å². The summed E-state index contributed by atoms with van der Waals surface area (Å²) in [7, 11) is 0. The van der Waals surface area contributed by atoms with Gasteiger partial charge in [-0.15, -0.1) is 0 Å². The Morgan fingerprint density at radius 2 is 0.976 bits per heavy atom. The van der Waals surface area contributed by atoms with Gasteiger partial charge in [0.25, 0.3) is 0 Å². The largest absolute Gasteiger partial charge is 0.481 e. The molecular formula is C48H84N20O17. The number of carboxylic acid groups (broad SMARTS) is 2. The second-order valence-corrected chi connectivity index (χ2v) is 19.6. The van der Waals surface area contributed by atoms with Crippen LogP contribution in [0.25, 0.3) is 0 Å². The number of nitrogens with zero attached hydrogens (tertiary/aromatic N) is 3.